The van der Waals surface area contributed by atoms with Crippen molar-refractivity contribution < 1.29 is 28.2 Å². The second kappa shape index (κ2) is 8.77. The number of alkyl halides is 2. The van der Waals surface area contributed by atoms with Crippen molar-refractivity contribution in [2.75, 3.05) is 0 Å². The second-order valence-corrected chi connectivity index (χ2v) is 5.32. The molecule has 2 N–H and O–H groups in total. The van der Waals surface area contributed by atoms with Gasteiger partial charge in [0.2, 0.25) is 0 Å². The highest BCUT2D eigenvalue weighted by Crippen LogP contribution is 2.23. The number of ether oxygens (including phenoxy) is 1. The fourth-order valence-electron chi connectivity index (χ4n) is 2.21. The van der Waals surface area contributed by atoms with Crippen LogP contribution in [0.5, 0.6) is 0 Å². The average Bonchev–Trinajstić information content (AvgIpc) is 2.60. The third kappa shape index (κ3) is 5.87. The number of carboxylic acids is 1. The molecule has 0 aromatic heterocycles. The molecule has 0 saturated heterocycles. The number of benzene rings is 2. The van der Waals surface area contributed by atoms with Crippen molar-refractivity contribution >= 4 is 12.1 Å². The van der Waals surface area contributed by atoms with Gasteiger partial charge in [0.1, 0.15) is 6.61 Å². The number of aliphatic carboxylic acids is 1. The van der Waals surface area contributed by atoms with E-state index in [4.69, 9.17) is 9.84 Å². The van der Waals surface area contributed by atoms with Crippen molar-refractivity contribution in [1.29, 1.82) is 0 Å². The minimum absolute atomic E-state index is 0.0385. The number of rotatable bonds is 7. The van der Waals surface area contributed by atoms with Crippen molar-refractivity contribution in [3.05, 3.63) is 71.3 Å². The van der Waals surface area contributed by atoms with Gasteiger partial charge in [0, 0.05) is 5.56 Å². The predicted octanol–water partition coefficient (Wildman–Crippen LogP) is 4.07. The summed E-state index contributed by atoms with van der Waals surface area (Å²) in [5.41, 5.74) is 1.02. The maximum Gasteiger partial charge on any atom is 0.407 e. The molecule has 0 aliphatic rings. The summed E-state index contributed by atoms with van der Waals surface area (Å²) in [6.07, 6.45) is -3.79. The first-order valence-electron chi connectivity index (χ1n) is 7.52. The Kier molecular flexibility index (Phi) is 6.45. The van der Waals surface area contributed by atoms with Gasteiger partial charge < -0.3 is 15.2 Å². The van der Waals surface area contributed by atoms with E-state index in [0.29, 0.717) is 5.56 Å². The van der Waals surface area contributed by atoms with E-state index in [1.54, 1.807) is 24.3 Å². The number of halogens is 2. The quantitative estimate of drug-likeness (QED) is 0.790. The van der Waals surface area contributed by atoms with E-state index in [0.717, 1.165) is 5.56 Å². The third-order valence-electron chi connectivity index (χ3n) is 3.47. The molecule has 0 unspecified atom stereocenters. The van der Waals surface area contributed by atoms with Gasteiger partial charge in [0.15, 0.2) is 0 Å². The molecule has 2 rings (SSSR count). The normalized spacial score (nSPS) is 11.8. The molecule has 1 amide bonds. The second-order valence-electron chi connectivity index (χ2n) is 5.32. The highest BCUT2D eigenvalue weighted by Gasteiger charge is 2.19. The van der Waals surface area contributed by atoms with Crippen LogP contribution in [0.25, 0.3) is 0 Å². The zero-order valence-corrected chi connectivity index (χ0v) is 13.2. The summed E-state index contributed by atoms with van der Waals surface area (Å²) >= 11 is 0. The zero-order valence-electron chi connectivity index (χ0n) is 13.2. The molecule has 25 heavy (non-hydrogen) atoms. The number of carboxylic acid groups (broad SMARTS) is 1. The Bertz CT molecular complexity index is 705. The topological polar surface area (TPSA) is 75.6 Å². The van der Waals surface area contributed by atoms with Gasteiger partial charge in [-0.3, -0.25) is 4.79 Å². The molecular weight excluding hydrogens is 332 g/mol. The summed E-state index contributed by atoms with van der Waals surface area (Å²) in [7, 11) is 0. The van der Waals surface area contributed by atoms with E-state index < -0.39 is 31.0 Å². The Morgan fingerprint density at radius 2 is 1.60 bits per heavy atom. The Labute approximate surface area is 143 Å². The molecule has 0 heterocycles. The van der Waals surface area contributed by atoms with Gasteiger partial charge in [-0.1, -0.05) is 54.6 Å². The van der Waals surface area contributed by atoms with Crippen LogP contribution in [0.2, 0.25) is 0 Å². The lowest BCUT2D eigenvalue weighted by Gasteiger charge is -2.18. The number of nitrogens with one attached hydrogen (secondary N) is 1. The molecule has 0 fully saturated rings. The van der Waals surface area contributed by atoms with Crippen LogP contribution in [0.15, 0.2) is 54.6 Å². The van der Waals surface area contributed by atoms with Gasteiger partial charge in [0.25, 0.3) is 6.43 Å². The first kappa shape index (κ1) is 18.4. The maximum atomic E-state index is 12.6. The van der Waals surface area contributed by atoms with E-state index >= 15 is 0 Å². The van der Waals surface area contributed by atoms with Crippen LogP contribution in [0.1, 0.15) is 35.6 Å². The maximum absolute atomic E-state index is 12.6. The zero-order chi connectivity index (χ0) is 18.2. The van der Waals surface area contributed by atoms with E-state index in [2.05, 4.69) is 5.32 Å². The Hall–Kier alpha value is -2.96. The first-order valence-corrected chi connectivity index (χ1v) is 7.52. The monoisotopic (exact) mass is 349 g/mol. The van der Waals surface area contributed by atoms with Crippen LogP contribution < -0.4 is 5.32 Å². The van der Waals surface area contributed by atoms with E-state index in [9.17, 15) is 18.4 Å². The highest BCUT2D eigenvalue weighted by atomic mass is 19.3. The van der Waals surface area contributed by atoms with Gasteiger partial charge in [-0.15, -0.1) is 0 Å². The Morgan fingerprint density at radius 3 is 2.16 bits per heavy atom. The largest absolute Gasteiger partial charge is 0.481 e. The predicted molar refractivity (Wildman–Crippen MR) is 86.2 cm³/mol. The van der Waals surface area contributed by atoms with Gasteiger partial charge in [-0.05, 0) is 11.1 Å². The van der Waals surface area contributed by atoms with E-state index in [1.165, 1.54) is 24.3 Å². The molecule has 0 aliphatic carbocycles. The number of carbonyl (C=O) groups is 2. The summed E-state index contributed by atoms with van der Waals surface area (Å²) in [5.74, 6) is -1.13. The van der Waals surface area contributed by atoms with Gasteiger partial charge in [0.05, 0.1) is 12.5 Å². The van der Waals surface area contributed by atoms with Crippen LogP contribution in [0.3, 0.4) is 0 Å². The van der Waals surface area contributed by atoms with Crippen molar-refractivity contribution in [3.63, 3.8) is 0 Å². The smallest absolute Gasteiger partial charge is 0.407 e. The number of carbonyl (C=O) groups excluding carboxylic acids is 1. The molecule has 2 aromatic carbocycles. The summed E-state index contributed by atoms with van der Waals surface area (Å²) in [5, 5.41) is 11.5. The molecule has 0 spiro atoms. The van der Waals surface area contributed by atoms with Crippen LogP contribution in [0.4, 0.5) is 13.6 Å². The molecule has 0 aliphatic heterocycles. The van der Waals surface area contributed by atoms with E-state index in [-0.39, 0.29) is 12.2 Å². The van der Waals surface area contributed by atoms with Crippen molar-refractivity contribution in [2.45, 2.75) is 25.5 Å². The molecule has 1 atom stereocenters. The lowest BCUT2D eigenvalue weighted by molar-refractivity contribution is -0.137. The molecule has 2 aromatic rings. The Morgan fingerprint density at radius 1 is 1.00 bits per heavy atom. The lowest BCUT2D eigenvalue weighted by Crippen LogP contribution is -2.30. The van der Waals surface area contributed by atoms with Crippen molar-refractivity contribution in [1.82, 2.24) is 5.32 Å². The molecule has 0 radical (unpaired) electrons. The minimum atomic E-state index is -2.62. The van der Waals surface area contributed by atoms with Crippen LogP contribution in [-0.4, -0.2) is 17.2 Å². The molecule has 7 heteroatoms. The summed E-state index contributed by atoms with van der Waals surface area (Å²) in [4.78, 5) is 22.9. The van der Waals surface area contributed by atoms with Gasteiger partial charge in [-0.2, -0.15) is 0 Å². The lowest BCUT2D eigenvalue weighted by atomic mass is 10.0. The van der Waals surface area contributed by atoms with Crippen LogP contribution >= 0.6 is 0 Å². The molecule has 132 valence electrons. The van der Waals surface area contributed by atoms with Crippen LogP contribution in [0, 0.1) is 0 Å². The van der Waals surface area contributed by atoms with Crippen LogP contribution in [-0.2, 0) is 16.1 Å². The minimum Gasteiger partial charge on any atom is -0.481 e. The molecular formula is C18H17F2NO4. The van der Waals surface area contributed by atoms with Gasteiger partial charge in [-0.25, -0.2) is 13.6 Å². The Balaban J connectivity index is 2.01. The van der Waals surface area contributed by atoms with E-state index in [1.807, 2.05) is 6.07 Å². The average molecular weight is 349 g/mol. The fraction of sp³-hybridized carbons (Fsp3) is 0.222. The van der Waals surface area contributed by atoms with Gasteiger partial charge >= 0.3 is 12.1 Å². The first-order chi connectivity index (χ1) is 12.0. The summed E-state index contributed by atoms with van der Waals surface area (Å²) in [6.45, 7) is 0.0385. The fourth-order valence-corrected chi connectivity index (χ4v) is 2.21. The molecule has 0 saturated carbocycles. The number of hydrogen-bond acceptors (Lipinski definition) is 3. The number of hydrogen-bond donors (Lipinski definition) is 2. The number of alkyl carbamates (subject to hydrolysis) is 1. The summed E-state index contributed by atoms with van der Waals surface area (Å²) in [6, 6.07) is 13.2. The summed E-state index contributed by atoms with van der Waals surface area (Å²) < 4.78 is 30.3. The van der Waals surface area contributed by atoms with Crippen molar-refractivity contribution in [3.8, 4) is 0 Å². The third-order valence-corrected chi connectivity index (χ3v) is 3.47. The van der Waals surface area contributed by atoms with Crippen molar-refractivity contribution in [2.24, 2.45) is 0 Å². The molecule has 5 nitrogen and oxygen atoms in total. The molecule has 0 bridgehead atoms. The number of amides is 1. The highest BCUT2D eigenvalue weighted by molar-refractivity contribution is 5.72. The SMILES string of the molecule is O=C(O)C[C@@H](NC(=O)OCc1ccccc1)c1ccc(C(F)F)cc1. The standard InChI is InChI=1S/C18H17F2NO4/c19-17(20)14-8-6-13(7-9-14)15(10-16(22)23)21-18(24)25-11-12-4-2-1-3-5-12/h1-9,15,17H,10-11H2,(H,21,24)(H,22,23)/t15-/m1/s1.